The largest absolute Gasteiger partial charge is 0.359 e. The molecule has 0 spiro atoms. The Morgan fingerprint density at radius 1 is 0.731 bits per heavy atom. The average Bonchev–Trinajstić information content (AvgIpc) is 2.70. The summed E-state index contributed by atoms with van der Waals surface area (Å²) in [4.78, 5) is 25.4. The molecule has 0 aliphatic rings. The monoisotopic (exact) mass is 344 g/mol. The maximum absolute atomic E-state index is 12.9. The fraction of sp³-hybridized carbons (Fsp3) is 0.0909. The highest BCUT2D eigenvalue weighted by atomic mass is 16.2. The van der Waals surface area contributed by atoms with Gasteiger partial charge in [-0.15, -0.1) is 0 Å². The number of nitrogens with one attached hydrogen (secondary N) is 2. The van der Waals surface area contributed by atoms with Gasteiger partial charge in [-0.2, -0.15) is 0 Å². The van der Waals surface area contributed by atoms with Gasteiger partial charge in [0.25, 0.3) is 5.91 Å². The van der Waals surface area contributed by atoms with Crippen LogP contribution in [0.3, 0.4) is 0 Å². The van der Waals surface area contributed by atoms with Crippen molar-refractivity contribution in [1.29, 1.82) is 0 Å². The van der Waals surface area contributed by atoms with Crippen molar-refractivity contribution < 1.29 is 9.59 Å². The first-order valence-electron chi connectivity index (χ1n) is 8.42. The molecule has 0 bridgehead atoms. The van der Waals surface area contributed by atoms with E-state index in [1.165, 1.54) is 0 Å². The first kappa shape index (κ1) is 17.4. The van der Waals surface area contributed by atoms with Crippen LogP contribution < -0.4 is 10.6 Å². The minimum atomic E-state index is -0.868. The Bertz CT molecular complexity index is 875. The molecule has 3 rings (SSSR count). The maximum atomic E-state index is 12.9. The number of hydrogen-bond acceptors (Lipinski definition) is 3. The van der Waals surface area contributed by atoms with E-state index in [4.69, 9.17) is 0 Å². The summed E-state index contributed by atoms with van der Waals surface area (Å²) >= 11 is 0. The van der Waals surface area contributed by atoms with E-state index in [9.17, 15) is 9.59 Å². The minimum absolute atomic E-state index is 0.199. The van der Waals surface area contributed by atoms with E-state index in [2.05, 4.69) is 10.6 Å². The van der Waals surface area contributed by atoms with Crippen LogP contribution in [0.5, 0.6) is 0 Å². The van der Waals surface area contributed by atoms with Crippen molar-refractivity contribution in [2.45, 2.75) is 13.1 Å². The SMILES string of the molecule is Cc1ccc(N[C@H](NC(=O)c2ccccc2)C(=O)c2ccccc2)cc1. The first-order chi connectivity index (χ1) is 12.6. The van der Waals surface area contributed by atoms with Gasteiger partial charge in [-0.25, -0.2) is 0 Å². The highest BCUT2D eigenvalue weighted by Gasteiger charge is 2.22. The first-order valence-corrected chi connectivity index (χ1v) is 8.42. The van der Waals surface area contributed by atoms with Gasteiger partial charge in [-0.1, -0.05) is 66.2 Å². The van der Waals surface area contributed by atoms with Crippen molar-refractivity contribution in [3.05, 3.63) is 102 Å². The number of carbonyl (C=O) groups excluding carboxylic acids is 2. The number of amides is 1. The molecule has 130 valence electrons. The molecule has 1 atom stereocenters. The summed E-state index contributed by atoms with van der Waals surface area (Å²) < 4.78 is 0. The Morgan fingerprint density at radius 2 is 1.27 bits per heavy atom. The van der Waals surface area contributed by atoms with Crippen molar-refractivity contribution in [2.24, 2.45) is 0 Å². The van der Waals surface area contributed by atoms with E-state index >= 15 is 0 Å². The zero-order valence-electron chi connectivity index (χ0n) is 14.5. The van der Waals surface area contributed by atoms with E-state index in [1.54, 1.807) is 48.5 Å². The smallest absolute Gasteiger partial charge is 0.253 e. The summed E-state index contributed by atoms with van der Waals surface area (Å²) in [6, 6.07) is 25.4. The Morgan fingerprint density at radius 3 is 1.85 bits per heavy atom. The fourth-order valence-electron chi connectivity index (χ4n) is 2.56. The normalized spacial score (nSPS) is 11.4. The molecule has 0 unspecified atom stereocenters. The molecule has 0 aliphatic heterocycles. The minimum Gasteiger partial charge on any atom is -0.359 e. The van der Waals surface area contributed by atoms with Crippen molar-refractivity contribution >= 4 is 17.4 Å². The molecule has 0 saturated heterocycles. The Balaban J connectivity index is 1.84. The number of Topliss-reactive ketones (excluding diaryl/α,β-unsaturated/α-hetero) is 1. The molecule has 2 N–H and O–H groups in total. The van der Waals surface area contributed by atoms with Crippen LogP contribution in [0.4, 0.5) is 5.69 Å². The third-order valence-electron chi connectivity index (χ3n) is 3.99. The molecule has 3 aromatic rings. The molecule has 1 amide bonds. The number of anilines is 1. The van der Waals surface area contributed by atoms with Gasteiger partial charge in [0.05, 0.1) is 0 Å². The van der Waals surface area contributed by atoms with Crippen LogP contribution in [0.15, 0.2) is 84.9 Å². The molecule has 3 aromatic carbocycles. The number of ketones is 1. The Kier molecular flexibility index (Phi) is 5.44. The number of carbonyl (C=O) groups is 2. The average molecular weight is 344 g/mol. The van der Waals surface area contributed by atoms with Crippen molar-refractivity contribution in [2.75, 3.05) is 5.32 Å². The zero-order chi connectivity index (χ0) is 18.4. The summed E-state index contributed by atoms with van der Waals surface area (Å²) in [5.74, 6) is -0.505. The second-order valence-electron chi connectivity index (χ2n) is 6.01. The predicted molar refractivity (Wildman–Crippen MR) is 103 cm³/mol. The lowest BCUT2D eigenvalue weighted by atomic mass is 10.1. The Labute approximate surface area is 152 Å². The molecular formula is C22H20N2O2. The molecule has 26 heavy (non-hydrogen) atoms. The van der Waals surface area contributed by atoms with Gasteiger partial charge >= 0.3 is 0 Å². The van der Waals surface area contributed by atoms with Gasteiger partial charge < -0.3 is 10.6 Å². The molecule has 0 radical (unpaired) electrons. The lowest BCUT2D eigenvalue weighted by Crippen LogP contribution is -2.46. The summed E-state index contributed by atoms with van der Waals surface area (Å²) in [6.45, 7) is 1.99. The van der Waals surface area contributed by atoms with E-state index in [-0.39, 0.29) is 11.7 Å². The molecule has 4 nitrogen and oxygen atoms in total. The van der Waals surface area contributed by atoms with Crippen LogP contribution in [0.25, 0.3) is 0 Å². The maximum Gasteiger partial charge on any atom is 0.253 e. The third kappa shape index (κ3) is 4.36. The Hall–Kier alpha value is -3.40. The van der Waals surface area contributed by atoms with E-state index < -0.39 is 6.17 Å². The summed E-state index contributed by atoms with van der Waals surface area (Å²) in [5, 5.41) is 5.92. The van der Waals surface area contributed by atoms with Gasteiger partial charge in [0.2, 0.25) is 5.78 Å². The summed E-state index contributed by atoms with van der Waals surface area (Å²) in [7, 11) is 0. The van der Waals surface area contributed by atoms with Crippen LogP contribution in [-0.2, 0) is 0 Å². The van der Waals surface area contributed by atoms with Crippen molar-refractivity contribution in [1.82, 2.24) is 5.32 Å². The highest BCUT2D eigenvalue weighted by Crippen LogP contribution is 2.12. The molecular weight excluding hydrogens is 324 g/mol. The second-order valence-corrected chi connectivity index (χ2v) is 6.01. The van der Waals surface area contributed by atoms with E-state index in [1.807, 2.05) is 43.3 Å². The molecule has 4 heteroatoms. The van der Waals surface area contributed by atoms with Crippen LogP contribution in [0, 0.1) is 6.92 Å². The molecule has 0 aliphatic carbocycles. The quantitative estimate of drug-likeness (QED) is 0.524. The summed E-state index contributed by atoms with van der Waals surface area (Å²) in [6.07, 6.45) is -0.868. The van der Waals surface area contributed by atoms with Gasteiger partial charge in [0, 0.05) is 16.8 Å². The molecule has 0 saturated carbocycles. The van der Waals surface area contributed by atoms with Gasteiger partial charge in [0.1, 0.15) is 0 Å². The molecule has 0 heterocycles. The van der Waals surface area contributed by atoms with Crippen molar-refractivity contribution in [3.63, 3.8) is 0 Å². The van der Waals surface area contributed by atoms with Crippen LogP contribution >= 0.6 is 0 Å². The van der Waals surface area contributed by atoms with Crippen LogP contribution in [-0.4, -0.2) is 17.9 Å². The number of hydrogen-bond donors (Lipinski definition) is 2. The van der Waals surface area contributed by atoms with E-state index in [0.717, 1.165) is 11.3 Å². The molecule has 0 aromatic heterocycles. The lowest BCUT2D eigenvalue weighted by Gasteiger charge is -2.20. The topological polar surface area (TPSA) is 58.2 Å². The van der Waals surface area contributed by atoms with Gasteiger partial charge in [-0.3, -0.25) is 9.59 Å². The van der Waals surface area contributed by atoms with E-state index in [0.29, 0.717) is 11.1 Å². The second kappa shape index (κ2) is 8.12. The summed E-state index contributed by atoms with van der Waals surface area (Å²) in [5.41, 5.74) is 2.92. The molecule has 0 fully saturated rings. The lowest BCUT2D eigenvalue weighted by molar-refractivity contribution is 0.0869. The zero-order valence-corrected chi connectivity index (χ0v) is 14.5. The van der Waals surface area contributed by atoms with Gasteiger partial charge in [0.15, 0.2) is 6.17 Å². The van der Waals surface area contributed by atoms with Crippen molar-refractivity contribution in [3.8, 4) is 0 Å². The number of rotatable bonds is 6. The standard InChI is InChI=1S/C22H20N2O2/c1-16-12-14-19(15-13-16)23-21(20(25)17-8-4-2-5-9-17)24-22(26)18-10-6-3-7-11-18/h2-15,21,23H,1H3,(H,24,26)/t21-/m1/s1. The number of benzene rings is 3. The highest BCUT2D eigenvalue weighted by molar-refractivity contribution is 6.05. The third-order valence-corrected chi connectivity index (χ3v) is 3.99. The van der Waals surface area contributed by atoms with Crippen LogP contribution in [0.1, 0.15) is 26.3 Å². The predicted octanol–water partition coefficient (Wildman–Crippen LogP) is 4.05. The number of aryl methyl sites for hydroxylation is 1. The van der Waals surface area contributed by atoms with Crippen LogP contribution in [0.2, 0.25) is 0 Å². The van der Waals surface area contributed by atoms with Gasteiger partial charge in [-0.05, 0) is 31.2 Å². The fourth-order valence-corrected chi connectivity index (χ4v) is 2.56.